The van der Waals surface area contributed by atoms with Crippen molar-refractivity contribution in [2.45, 2.75) is 20.8 Å². The summed E-state index contributed by atoms with van der Waals surface area (Å²) in [5.41, 5.74) is 3.22. The van der Waals surface area contributed by atoms with E-state index >= 15 is 0 Å². The number of rotatable bonds is 7. The van der Waals surface area contributed by atoms with Crippen LogP contribution in [0.4, 0.5) is 16.2 Å². The van der Waals surface area contributed by atoms with Crippen molar-refractivity contribution in [1.29, 1.82) is 0 Å². The number of amides is 2. The van der Waals surface area contributed by atoms with E-state index in [0.29, 0.717) is 0 Å². The molecular weight excluding hydrogens is 326 g/mol. The van der Waals surface area contributed by atoms with Gasteiger partial charge in [0.15, 0.2) is 0 Å². The van der Waals surface area contributed by atoms with Crippen LogP contribution in [0.1, 0.15) is 19.4 Å². The zero-order valence-corrected chi connectivity index (χ0v) is 17.1. The Labute approximate surface area is 158 Å². The van der Waals surface area contributed by atoms with Crippen LogP contribution < -0.4 is 10.2 Å². The van der Waals surface area contributed by atoms with E-state index in [2.05, 4.69) is 67.0 Å². The van der Waals surface area contributed by atoms with Crippen molar-refractivity contribution in [3.63, 3.8) is 0 Å². The summed E-state index contributed by atoms with van der Waals surface area (Å²) < 4.78 is 0. The summed E-state index contributed by atoms with van der Waals surface area (Å²) in [5.74, 6) is 0. The van der Waals surface area contributed by atoms with Crippen LogP contribution >= 0.6 is 0 Å². The fourth-order valence-electron chi connectivity index (χ4n) is 3.28. The predicted molar refractivity (Wildman–Crippen MR) is 110 cm³/mol. The molecule has 2 amide bonds. The van der Waals surface area contributed by atoms with Crippen LogP contribution in [0.2, 0.25) is 0 Å². The minimum Gasteiger partial charge on any atom is -0.372 e. The Hall–Kier alpha value is -1.79. The van der Waals surface area contributed by atoms with Crippen molar-refractivity contribution in [3.8, 4) is 0 Å². The fraction of sp³-hybridized carbons (Fsp3) is 0.650. The van der Waals surface area contributed by atoms with Gasteiger partial charge in [0.25, 0.3) is 0 Å². The molecule has 0 saturated carbocycles. The second-order valence-corrected chi connectivity index (χ2v) is 7.23. The molecule has 6 heteroatoms. The van der Waals surface area contributed by atoms with E-state index in [1.807, 2.05) is 11.0 Å². The molecule has 0 radical (unpaired) electrons. The first-order valence-corrected chi connectivity index (χ1v) is 9.73. The van der Waals surface area contributed by atoms with Gasteiger partial charge in [-0.1, -0.05) is 0 Å². The standard InChI is InChI=1S/C20H35N5O/c1-6-24(7-2)18-8-9-19(17(3)16-18)21-20(26)25-14-12-23(13-15-25)11-10-22(4)5/h8-9,16H,6-7,10-15H2,1-5H3,(H,21,26). The molecule has 1 aliphatic rings. The molecule has 1 aliphatic heterocycles. The average Bonchev–Trinajstić information content (AvgIpc) is 2.63. The molecule has 1 fully saturated rings. The number of piperazine rings is 1. The maximum absolute atomic E-state index is 12.6. The smallest absolute Gasteiger partial charge is 0.321 e. The molecule has 0 spiro atoms. The molecule has 1 saturated heterocycles. The van der Waals surface area contributed by atoms with Crippen LogP contribution in [0.5, 0.6) is 0 Å². The van der Waals surface area contributed by atoms with Gasteiger partial charge in [0.2, 0.25) is 0 Å². The number of urea groups is 1. The molecule has 0 aromatic heterocycles. The Morgan fingerprint density at radius 1 is 1.12 bits per heavy atom. The van der Waals surface area contributed by atoms with Gasteiger partial charge >= 0.3 is 6.03 Å². The predicted octanol–water partition coefficient (Wildman–Crippen LogP) is 2.55. The van der Waals surface area contributed by atoms with Crippen molar-refractivity contribution >= 4 is 17.4 Å². The zero-order valence-electron chi connectivity index (χ0n) is 17.1. The number of nitrogens with one attached hydrogen (secondary N) is 1. The number of hydrogen-bond acceptors (Lipinski definition) is 4. The van der Waals surface area contributed by atoms with Crippen LogP contribution in [0.3, 0.4) is 0 Å². The molecule has 146 valence electrons. The van der Waals surface area contributed by atoms with E-state index < -0.39 is 0 Å². The molecule has 0 bridgehead atoms. The fourth-order valence-corrected chi connectivity index (χ4v) is 3.28. The van der Waals surface area contributed by atoms with Gasteiger partial charge in [-0.25, -0.2) is 4.79 Å². The molecule has 0 unspecified atom stereocenters. The molecule has 0 aliphatic carbocycles. The molecular formula is C20H35N5O. The quantitative estimate of drug-likeness (QED) is 0.810. The Kier molecular flexibility index (Phi) is 7.72. The van der Waals surface area contributed by atoms with Crippen LogP contribution in [0.15, 0.2) is 18.2 Å². The SMILES string of the molecule is CCN(CC)c1ccc(NC(=O)N2CCN(CCN(C)C)CC2)c(C)c1. The van der Waals surface area contributed by atoms with Gasteiger partial charge in [-0.3, -0.25) is 4.90 Å². The third kappa shape index (κ3) is 5.61. The summed E-state index contributed by atoms with van der Waals surface area (Å²) in [5, 5.41) is 3.09. The highest BCUT2D eigenvalue weighted by Crippen LogP contribution is 2.23. The topological polar surface area (TPSA) is 42.1 Å². The van der Waals surface area contributed by atoms with Crippen LogP contribution in [-0.4, -0.2) is 87.2 Å². The number of aryl methyl sites for hydroxylation is 1. The van der Waals surface area contributed by atoms with E-state index in [1.165, 1.54) is 5.69 Å². The summed E-state index contributed by atoms with van der Waals surface area (Å²) in [6.45, 7) is 13.9. The average molecular weight is 362 g/mol. The first-order valence-electron chi connectivity index (χ1n) is 9.73. The zero-order chi connectivity index (χ0) is 19.1. The van der Waals surface area contributed by atoms with E-state index in [9.17, 15) is 4.79 Å². The maximum atomic E-state index is 12.6. The summed E-state index contributed by atoms with van der Waals surface area (Å²) in [6.07, 6.45) is 0. The first kappa shape index (κ1) is 20.5. The van der Waals surface area contributed by atoms with Crippen molar-refractivity contribution in [3.05, 3.63) is 23.8 Å². The van der Waals surface area contributed by atoms with Gasteiger partial charge < -0.3 is 20.0 Å². The van der Waals surface area contributed by atoms with E-state index in [1.54, 1.807) is 0 Å². The Balaban J connectivity index is 1.88. The highest BCUT2D eigenvalue weighted by molar-refractivity contribution is 5.90. The molecule has 1 N–H and O–H groups in total. The van der Waals surface area contributed by atoms with Crippen molar-refractivity contribution in [2.75, 3.05) is 76.7 Å². The van der Waals surface area contributed by atoms with Gasteiger partial charge in [0, 0.05) is 63.7 Å². The summed E-state index contributed by atoms with van der Waals surface area (Å²) in [6, 6.07) is 6.28. The molecule has 0 atom stereocenters. The summed E-state index contributed by atoms with van der Waals surface area (Å²) in [4.78, 5) is 21.5. The molecule has 1 heterocycles. The maximum Gasteiger partial charge on any atom is 0.321 e. The third-order valence-electron chi connectivity index (χ3n) is 5.10. The Morgan fingerprint density at radius 2 is 1.77 bits per heavy atom. The first-order chi connectivity index (χ1) is 12.4. The van der Waals surface area contributed by atoms with Crippen molar-refractivity contribution < 1.29 is 4.79 Å². The summed E-state index contributed by atoms with van der Waals surface area (Å²) >= 11 is 0. The second-order valence-electron chi connectivity index (χ2n) is 7.23. The number of likely N-dealkylation sites (N-methyl/N-ethyl adjacent to an activating group) is 1. The molecule has 26 heavy (non-hydrogen) atoms. The number of carbonyl (C=O) groups is 1. The lowest BCUT2D eigenvalue weighted by atomic mass is 10.1. The van der Waals surface area contributed by atoms with Crippen LogP contribution in [0, 0.1) is 6.92 Å². The van der Waals surface area contributed by atoms with Gasteiger partial charge in [-0.2, -0.15) is 0 Å². The lowest BCUT2D eigenvalue weighted by Crippen LogP contribution is -2.51. The monoisotopic (exact) mass is 361 g/mol. The lowest BCUT2D eigenvalue weighted by Gasteiger charge is -2.35. The molecule has 1 aromatic rings. The minimum absolute atomic E-state index is 0.0101. The van der Waals surface area contributed by atoms with Crippen LogP contribution in [-0.2, 0) is 0 Å². The normalized spacial score (nSPS) is 15.4. The second kappa shape index (κ2) is 9.78. The molecule has 2 rings (SSSR count). The number of benzene rings is 1. The highest BCUT2D eigenvalue weighted by Gasteiger charge is 2.21. The lowest BCUT2D eigenvalue weighted by molar-refractivity contribution is 0.140. The highest BCUT2D eigenvalue weighted by atomic mass is 16.2. The largest absolute Gasteiger partial charge is 0.372 e. The van der Waals surface area contributed by atoms with Gasteiger partial charge in [0.05, 0.1) is 0 Å². The van der Waals surface area contributed by atoms with Gasteiger partial charge in [-0.15, -0.1) is 0 Å². The van der Waals surface area contributed by atoms with E-state index in [4.69, 9.17) is 0 Å². The molecule has 6 nitrogen and oxygen atoms in total. The summed E-state index contributed by atoms with van der Waals surface area (Å²) in [7, 11) is 4.19. The van der Waals surface area contributed by atoms with Crippen LogP contribution in [0.25, 0.3) is 0 Å². The van der Waals surface area contributed by atoms with E-state index in [-0.39, 0.29) is 6.03 Å². The van der Waals surface area contributed by atoms with Crippen molar-refractivity contribution in [1.82, 2.24) is 14.7 Å². The Morgan fingerprint density at radius 3 is 2.31 bits per heavy atom. The number of hydrogen-bond donors (Lipinski definition) is 1. The minimum atomic E-state index is 0.0101. The Bertz CT molecular complexity index is 578. The number of anilines is 2. The van der Waals surface area contributed by atoms with Gasteiger partial charge in [-0.05, 0) is 58.6 Å². The van der Waals surface area contributed by atoms with Crippen molar-refractivity contribution in [2.24, 2.45) is 0 Å². The molecule has 1 aromatic carbocycles. The van der Waals surface area contributed by atoms with Gasteiger partial charge in [0.1, 0.15) is 0 Å². The van der Waals surface area contributed by atoms with E-state index in [0.717, 1.165) is 63.6 Å². The number of carbonyl (C=O) groups excluding carboxylic acids is 1. The number of nitrogens with zero attached hydrogens (tertiary/aromatic N) is 4. The third-order valence-corrected chi connectivity index (χ3v) is 5.10.